The molecule has 0 bridgehead atoms. The molecule has 2 nitrogen and oxygen atoms in total. The van der Waals surface area contributed by atoms with Crippen molar-refractivity contribution in [2.24, 2.45) is 0 Å². The molecule has 0 radical (unpaired) electrons. The zero-order valence-electron chi connectivity index (χ0n) is 11.5. The standard InChI is InChI=1S/C15H23ClN2/c1-4-12-10-18(13(5-2)9-17-12)15-11(3)7-6-8-14(15)16/h6-8,12-13,17H,4-5,9-10H2,1-3H3. The Balaban J connectivity index is 2.32. The predicted molar refractivity (Wildman–Crippen MR) is 79.7 cm³/mol. The fourth-order valence-corrected chi connectivity index (χ4v) is 3.09. The van der Waals surface area contributed by atoms with E-state index in [2.05, 4.69) is 37.1 Å². The summed E-state index contributed by atoms with van der Waals surface area (Å²) in [6.45, 7) is 8.75. The van der Waals surface area contributed by atoms with Crippen LogP contribution in [0.1, 0.15) is 32.3 Å². The van der Waals surface area contributed by atoms with Crippen LogP contribution in [0.5, 0.6) is 0 Å². The largest absolute Gasteiger partial charge is 0.364 e. The van der Waals surface area contributed by atoms with Crippen LogP contribution < -0.4 is 10.2 Å². The molecular formula is C15H23ClN2. The molecule has 2 atom stereocenters. The fourth-order valence-electron chi connectivity index (χ4n) is 2.76. The topological polar surface area (TPSA) is 15.3 Å². The van der Waals surface area contributed by atoms with Gasteiger partial charge in [-0.2, -0.15) is 0 Å². The molecule has 1 aromatic carbocycles. The Labute approximate surface area is 115 Å². The number of para-hydroxylation sites is 1. The number of nitrogens with one attached hydrogen (secondary N) is 1. The monoisotopic (exact) mass is 266 g/mol. The quantitative estimate of drug-likeness (QED) is 0.899. The normalized spacial score (nSPS) is 24.3. The van der Waals surface area contributed by atoms with Crippen molar-refractivity contribution in [3.63, 3.8) is 0 Å². The van der Waals surface area contributed by atoms with E-state index < -0.39 is 0 Å². The van der Waals surface area contributed by atoms with Gasteiger partial charge in [0, 0.05) is 25.2 Å². The van der Waals surface area contributed by atoms with Gasteiger partial charge in [0.2, 0.25) is 0 Å². The van der Waals surface area contributed by atoms with Crippen LogP contribution in [0.3, 0.4) is 0 Å². The van der Waals surface area contributed by atoms with Gasteiger partial charge in [0.1, 0.15) is 0 Å². The third-order valence-electron chi connectivity index (χ3n) is 3.94. The number of hydrogen-bond donors (Lipinski definition) is 1. The van der Waals surface area contributed by atoms with Gasteiger partial charge in [-0.15, -0.1) is 0 Å². The number of benzene rings is 1. The van der Waals surface area contributed by atoms with Crippen LogP contribution in [-0.2, 0) is 0 Å². The maximum atomic E-state index is 6.41. The van der Waals surface area contributed by atoms with E-state index in [1.54, 1.807) is 0 Å². The molecule has 0 spiro atoms. The van der Waals surface area contributed by atoms with E-state index >= 15 is 0 Å². The number of anilines is 1. The van der Waals surface area contributed by atoms with Crippen molar-refractivity contribution in [1.29, 1.82) is 0 Å². The molecular weight excluding hydrogens is 244 g/mol. The van der Waals surface area contributed by atoms with Crippen molar-refractivity contribution in [3.05, 3.63) is 28.8 Å². The molecule has 2 rings (SSSR count). The minimum atomic E-state index is 0.548. The first-order valence-electron chi connectivity index (χ1n) is 6.92. The molecule has 0 amide bonds. The first kappa shape index (κ1) is 13.7. The molecule has 1 heterocycles. The highest BCUT2D eigenvalue weighted by atomic mass is 35.5. The molecule has 2 unspecified atom stereocenters. The van der Waals surface area contributed by atoms with E-state index in [0.29, 0.717) is 12.1 Å². The summed E-state index contributed by atoms with van der Waals surface area (Å²) >= 11 is 6.41. The van der Waals surface area contributed by atoms with Crippen LogP contribution in [0.15, 0.2) is 18.2 Å². The number of hydrogen-bond acceptors (Lipinski definition) is 2. The first-order chi connectivity index (χ1) is 8.67. The third-order valence-corrected chi connectivity index (χ3v) is 4.24. The Kier molecular flexibility index (Phi) is 4.52. The second-order valence-electron chi connectivity index (χ2n) is 5.13. The van der Waals surface area contributed by atoms with Crippen molar-refractivity contribution in [3.8, 4) is 0 Å². The van der Waals surface area contributed by atoms with Gasteiger partial charge in [0.15, 0.2) is 0 Å². The highest BCUT2D eigenvalue weighted by Crippen LogP contribution is 2.32. The molecule has 1 fully saturated rings. The Morgan fingerprint density at radius 3 is 2.72 bits per heavy atom. The van der Waals surface area contributed by atoms with E-state index in [-0.39, 0.29) is 0 Å². The molecule has 1 saturated heterocycles. The predicted octanol–water partition coefficient (Wildman–Crippen LogP) is 3.62. The van der Waals surface area contributed by atoms with Crippen molar-refractivity contribution in [2.45, 2.75) is 45.7 Å². The lowest BCUT2D eigenvalue weighted by Gasteiger charge is -2.42. The fraction of sp³-hybridized carbons (Fsp3) is 0.600. The van der Waals surface area contributed by atoms with Crippen LogP contribution in [0.25, 0.3) is 0 Å². The molecule has 0 aromatic heterocycles. The van der Waals surface area contributed by atoms with Crippen LogP contribution in [0.2, 0.25) is 5.02 Å². The SMILES string of the molecule is CCC1CN(c2c(C)cccc2Cl)C(CC)CN1. The molecule has 100 valence electrons. The maximum absolute atomic E-state index is 6.41. The average Bonchev–Trinajstić information content (AvgIpc) is 2.38. The molecule has 1 aliphatic heterocycles. The minimum absolute atomic E-state index is 0.548. The molecule has 1 aliphatic rings. The second-order valence-corrected chi connectivity index (χ2v) is 5.54. The van der Waals surface area contributed by atoms with Crippen molar-refractivity contribution in [1.82, 2.24) is 5.32 Å². The summed E-state index contributed by atoms with van der Waals surface area (Å²) in [4.78, 5) is 2.50. The molecule has 1 N–H and O–H groups in total. The Hall–Kier alpha value is -0.730. The second kappa shape index (κ2) is 5.94. The Morgan fingerprint density at radius 1 is 1.33 bits per heavy atom. The number of rotatable bonds is 3. The van der Waals surface area contributed by atoms with Gasteiger partial charge in [-0.05, 0) is 31.4 Å². The van der Waals surface area contributed by atoms with Gasteiger partial charge in [-0.25, -0.2) is 0 Å². The maximum Gasteiger partial charge on any atom is 0.0642 e. The van der Waals surface area contributed by atoms with Gasteiger partial charge in [-0.1, -0.05) is 37.6 Å². The first-order valence-corrected chi connectivity index (χ1v) is 7.30. The van der Waals surface area contributed by atoms with Crippen LogP contribution in [0.4, 0.5) is 5.69 Å². The zero-order valence-corrected chi connectivity index (χ0v) is 12.3. The lowest BCUT2D eigenvalue weighted by atomic mass is 10.0. The van der Waals surface area contributed by atoms with Gasteiger partial charge >= 0.3 is 0 Å². The summed E-state index contributed by atoms with van der Waals surface area (Å²) in [6.07, 6.45) is 2.31. The van der Waals surface area contributed by atoms with Crippen molar-refractivity contribution in [2.75, 3.05) is 18.0 Å². The smallest absolute Gasteiger partial charge is 0.0642 e. The van der Waals surface area contributed by atoms with E-state index in [1.807, 2.05) is 12.1 Å². The van der Waals surface area contributed by atoms with Crippen molar-refractivity contribution < 1.29 is 0 Å². The van der Waals surface area contributed by atoms with Crippen LogP contribution in [0, 0.1) is 6.92 Å². The zero-order chi connectivity index (χ0) is 13.1. The van der Waals surface area contributed by atoms with E-state index in [4.69, 9.17) is 11.6 Å². The number of aryl methyl sites for hydroxylation is 1. The van der Waals surface area contributed by atoms with E-state index in [1.165, 1.54) is 11.3 Å². The summed E-state index contributed by atoms with van der Waals surface area (Å²) in [5.74, 6) is 0. The van der Waals surface area contributed by atoms with Gasteiger partial charge in [0.05, 0.1) is 10.7 Å². The summed E-state index contributed by atoms with van der Waals surface area (Å²) in [6, 6.07) is 7.30. The number of nitrogens with zero attached hydrogens (tertiary/aromatic N) is 1. The van der Waals surface area contributed by atoms with E-state index in [0.717, 1.165) is 31.0 Å². The Morgan fingerprint density at radius 2 is 2.11 bits per heavy atom. The average molecular weight is 267 g/mol. The highest BCUT2D eigenvalue weighted by molar-refractivity contribution is 6.33. The lowest BCUT2D eigenvalue weighted by molar-refractivity contribution is 0.378. The number of piperazine rings is 1. The summed E-state index contributed by atoms with van der Waals surface area (Å²) in [5, 5.41) is 4.50. The molecule has 18 heavy (non-hydrogen) atoms. The van der Waals surface area contributed by atoms with Crippen molar-refractivity contribution >= 4 is 17.3 Å². The van der Waals surface area contributed by atoms with Gasteiger partial charge < -0.3 is 10.2 Å². The highest BCUT2D eigenvalue weighted by Gasteiger charge is 2.27. The summed E-state index contributed by atoms with van der Waals surface area (Å²) < 4.78 is 0. The summed E-state index contributed by atoms with van der Waals surface area (Å²) in [7, 11) is 0. The summed E-state index contributed by atoms with van der Waals surface area (Å²) in [5.41, 5.74) is 2.50. The minimum Gasteiger partial charge on any atom is -0.364 e. The molecule has 1 aromatic rings. The van der Waals surface area contributed by atoms with E-state index in [9.17, 15) is 0 Å². The van der Waals surface area contributed by atoms with Gasteiger partial charge in [-0.3, -0.25) is 0 Å². The number of halogens is 1. The molecule has 0 aliphatic carbocycles. The molecule has 0 saturated carbocycles. The van der Waals surface area contributed by atoms with Gasteiger partial charge in [0.25, 0.3) is 0 Å². The lowest BCUT2D eigenvalue weighted by Crippen LogP contribution is -2.56. The Bertz CT molecular complexity index is 385. The van der Waals surface area contributed by atoms with Crippen LogP contribution in [-0.4, -0.2) is 25.2 Å². The van der Waals surface area contributed by atoms with Crippen LogP contribution >= 0.6 is 11.6 Å². The molecule has 3 heteroatoms. The third kappa shape index (κ3) is 2.65.